The molecule has 4 nitrogen and oxygen atoms in total. The molecule has 0 aliphatic heterocycles. The third kappa shape index (κ3) is 6.00. The summed E-state index contributed by atoms with van der Waals surface area (Å²) in [5, 5.41) is 8.91. The summed E-state index contributed by atoms with van der Waals surface area (Å²) in [4.78, 5) is 0. The van der Waals surface area contributed by atoms with Crippen LogP contribution in [-0.4, -0.2) is 26.2 Å². The molecular formula is C5H12O4S. The third-order valence-electron chi connectivity index (χ3n) is 0.994. The largest absolute Gasteiger partial charge is 0.391 e. The second-order valence-electron chi connectivity index (χ2n) is 1.96. The Morgan fingerprint density at radius 1 is 1.60 bits per heavy atom. The minimum absolute atomic E-state index is 0.119. The van der Waals surface area contributed by atoms with Crippen molar-refractivity contribution in [2.75, 3.05) is 6.61 Å². The molecule has 0 amide bonds. The van der Waals surface area contributed by atoms with E-state index in [1.807, 2.05) is 6.92 Å². The summed E-state index contributed by atoms with van der Waals surface area (Å²) in [5.41, 5.74) is 0. The van der Waals surface area contributed by atoms with Gasteiger partial charge in [0.25, 0.3) is 11.0 Å². The zero-order valence-electron chi connectivity index (χ0n) is 5.82. The SMILES string of the molecule is CCCC(O)CO[SH](=O)=O. The molecule has 0 saturated carbocycles. The summed E-state index contributed by atoms with van der Waals surface area (Å²) in [5.74, 6) is 0. The predicted octanol–water partition coefficient (Wildman–Crippen LogP) is -0.310. The molecular weight excluding hydrogens is 156 g/mol. The molecule has 0 rings (SSSR count). The van der Waals surface area contributed by atoms with Crippen LogP contribution in [0.2, 0.25) is 0 Å². The summed E-state index contributed by atoms with van der Waals surface area (Å²) in [7, 11) is -2.80. The fourth-order valence-corrected chi connectivity index (χ4v) is 0.857. The Kier molecular flexibility index (Phi) is 5.57. The maximum absolute atomic E-state index is 9.81. The molecule has 0 aromatic carbocycles. The van der Waals surface area contributed by atoms with Crippen LogP contribution >= 0.6 is 0 Å². The standard InChI is InChI=1S/C5H12O4S/c1-2-3-5(6)4-9-10(7)8/h5-6,10H,2-4H2,1H3. The van der Waals surface area contributed by atoms with Crippen molar-refractivity contribution in [1.82, 2.24) is 0 Å². The maximum Gasteiger partial charge on any atom is 0.257 e. The van der Waals surface area contributed by atoms with Gasteiger partial charge >= 0.3 is 0 Å². The first-order valence-corrected chi connectivity index (χ1v) is 4.21. The Morgan fingerprint density at radius 3 is 2.60 bits per heavy atom. The number of aliphatic hydroxyl groups excluding tert-OH is 1. The van der Waals surface area contributed by atoms with Crippen LogP contribution in [0, 0.1) is 0 Å². The molecule has 0 aliphatic carbocycles. The first kappa shape index (κ1) is 9.87. The molecule has 0 saturated heterocycles. The molecule has 0 spiro atoms. The summed E-state index contributed by atoms with van der Waals surface area (Å²) < 4.78 is 23.8. The molecule has 1 unspecified atom stereocenters. The second kappa shape index (κ2) is 5.64. The van der Waals surface area contributed by atoms with Crippen LogP contribution in [0.25, 0.3) is 0 Å². The van der Waals surface area contributed by atoms with E-state index >= 15 is 0 Å². The highest BCUT2D eigenvalue weighted by molar-refractivity contribution is 7.67. The average Bonchev–Trinajstić information content (AvgIpc) is 1.85. The van der Waals surface area contributed by atoms with Gasteiger partial charge in [0, 0.05) is 0 Å². The minimum atomic E-state index is -2.80. The highest BCUT2D eigenvalue weighted by atomic mass is 32.2. The Labute approximate surface area is 62.0 Å². The van der Waals surface area contributed by atoms with Gasteiger partial charge in [-0.15, -0.1) is 0 Å². The zero-order valence-corrected chi connectivity index (χ0v) is 6.71. The lowest BCUT2D eigenvalue weighted by Gasteiger charge is -2.04. The van der Waals surface area contributed by atoms with Crippen LogP contribution in [0.5, 0.6) is 0 Å². The Hall–Kier alpha value is -0.130. The fraction of sp³-hybridized carbons (Fsp3) is 1.00. The van der Waals surface area contributed by atoms with Crippen molar-refractivity contribution < 1.29 is 17.7 Å². The molecule has 5 heteroatoms. The number of rotatable bonds is 5. The monoisotopic (exact) mass is 168 g/mol. The van der Waals surface area contributed by atoms with Crippen molar-refractivity contribution in [3.8, 4) is 0 Å². The van der Waals surface area contributed by atoms with E-state index in [4.69, 9.17) is 5.11 Å². The van der Waals surface area contributed by atoms with Gasteiger partial charge < -0.3 is 5.11 Å². The number of hydrogen-bond acceptors (Lipinski definition) is 4. The highest BCUT2D eigenvalue weighted by Crippen LogP contribution is 1.95. The topological polar surface area (TPSA) is 63.6 Å². The van der Waals surface area contributed by atoms with Gasteiger partial charge in [-0.25, -0.2) is 8.42 Å². The van der Waals surface area contributed by atoms with Crippen LogP contribution in [0.3, 0.4) is 0 Å². The van der Waals surface area contributed by atoms with Gasteiger partial charge in [0.05, 0.1) is 12.7 Å². The molecule has 0 radical (unpaired) electrons. The van der Waals surface area contributed by atoms with Gasteiger partial charge in [-0.3, -0.25) is 4.18 Å². The van der Waals surface area contributed by atoms with Crippen LogP contribution in [0.1, 0.15) is 19.8 Å². The third-order valence-corrected chi connectivity index (χ3v) is 1.35. The van der Waals surface area contributed by atoms with E-state index in [9.17, 15) is 8.42 Å². The van der Waals surface area contributed by atoms with Crippen molar-refractivity contribution in [1.29, 1.82) is 0 Å². The first-order chi connectivity index (χ1) is 4.66. The van der Waals surface area contributed by atoms with Crippen LogP contribution < -0.4 is 0 Å². The normalized spacial score (nSPS) is 13.9. The molecule has 62 valence electrons. The van der Waals surface area contributed by atoms with E-state index in [0.717, 1.165) is 6.42 Å². The molecule has 10 heavy (non-hydrogen) atoms. The predicted molar refractivity (Wildman–Crippen MR) is 37.2 cm³/mol. The molecule has 0 aliphatic rings. The van der Waals surface area contributed by atoms with Gasteiger partial charge in [0.15, 0.2) is 0 Å². The summed E-state index contributed by atoms with van der Waals surface area (Å²) in [6.45, 7) is 1.78. The van der Waals surface area contributed by atoms with E-state index in [0.29, 0.717) is 6.42 Å². The van der Waals surface area contributed by atoms with Crippen molar-refractivity contribution >= 4 is 11.0 Å². The second-order valence-corrected chi connectivity index (χ2v) is 2.67. The number of aliphatic hydroxyl groups is 1. The molecule has 0 heterocycles. The van der Waals surface area contributed by atoms with E-state index in [2.05, 4.69) is 4.18 Å². The van der Waals surface area contributed by atoms with Crippen molar-refractivity contribution in [2.45, 2.75) is 25.9 Å². The average molecular weight is 168 g/mol. The van der Waals surface area contributed by atoms with E-state index in [1.54, 1.807) is 0 Å². The summed E-state index contributed by atoms with van der Waals surface area (Å²) >= 11 is 0. The van der Waals surface area contributed by atoms with E-state index in [1.165, 1.54) is 0 Å². The van der Waals surface area contributed by atoms with Gasteiger partial charge in [-0.1, -0.05) is 13.3 Å². The Bertz CT molecular complexity index is 135. The quantitative estimate of drug-likeness (QED) is 0.553. The van der Waals surface area contributed by atoms with Gasteiger partial charge in [-0.2, -0.15) is 0 Å². The minimum Gasteiger partial charge on any atom is -0.391 e. The van der Waals surface area contributed by atoms with Crippen LogP contribution in [0.15, 0.2) is 0 Å². The lowest BCUT2D eigenvalue weighted by atomic mass is 10.2. The lowest BCUT2D eigenvalue weighted by Crippen LogP contribution is -2.13. The van der Waals surface area contributed by atoms with Crippen molar-refractivity contribution in [2.24, 2.45) is 0 Å². The lowest BCUT2D eigenvalue weighted by molar-refractivity contribution is 0.105. The van der Waals surface area contributed by atoms with Crippen molar-refractivity contribution in [3.05, 3.63) is 0 Å². The van der Waals surface area contributed by atoms with Crippen LogP contribution in [-0.2, 0) is 15.2 Å². The smallest absolute Gasteiger partial charge is 0.257 e. The number of thiol groups is 1. The van der Waals surface area contributed by atoms with Gasteiger partial charge in [0.1, 0.15) is 0 Å². The molecule has 1 atom stereocenters. The molecule has 0 fully saturated rings. The Morgan fingerprint density at radius 2 is 2.20 bits per heavy atom. The van der Waals surface area contributed by atoms with Crippen LogP contribution in [0.4, 0.5) is 0 Å². The first-order valence-electron chi connectivity index (χ1n) is 3.12. The molecule has 0 aromatic heterocycles. The zero-order chi connectivity index (χ0) is 7.98. The number of hydrogen-bond donors (Lipinski definition) is 2. The summed E-state index contributed by atoms with van der Waals surface area (Å²) in [6.07, 6.45) is 0.737. The molecule has 1 N–H and O–H groups in total. The van der Waals surface area contributed by atoms with Crippen molar-refractivity contribution in [3.63, 3.8) is 0 Å². The van der Waals surface area contributed by atoms with E-state index in [-0.39, 0.29) is 6.61 Å². The fourth-order valence-electron chi connectivity index (χ4n) is 0.563. The highest BCUT2D eigenvalue weighted by Gasteiger charge is 2.01. The van der Waals surface area contributed by atoms with E-state index < -0.39 is 17.1 Å². The Balaban J connectivity index is 3.29. The van der Waals surface area contributed by atoms with Gasteiger partial charge in [-0.05, 0) is 6.42 Å². The van der Waals surface area contributed by atoms with Gasteiger partial charge in [0.2, 0.25) is 0 Å². The maximum atomic E-state index is 9.81. The molecule has 0 aromatic rings. The summed E-state index contributed by atoms with van der Waals surface area (Å²) in [6, 6.07) is 0. The molecule has 0 bridgehead atoms.